The summed E-state index contributed by atoms with van der Waals surface area (Å²) in [6, 6.07) is 13.1. The maximum absolute atomic E-state index is 14.2. The van der Waals surface area contributed by atoms with E-state index in [1.807, 2.05) is 44.2 Å². The molecule has 2 heterocycles. The van der Waals surface area contributed by atoms with Crippen molar-refractivity contribution in [3.05, 3.63) is 70.5 Å². The normalized spacial score (nSPS) is 18.9. The maximum atomic E-state index is 14.2. The number of carbonyl (C=O) groups is 3. The van der Waals surface area contributed by atoms with E-state index < -0.39 is 23.8 Å². The van der Waals surface area contributed by atoms with Crippen LogP contribution in [-0.2, 0) is 20.8 Å². The minimum absolute atomic E-state index is 0.0442. The maximum Gasteiger partial charge on any atom is 0.253 e. The third kappa shape index (κ3) is 6.67. The Labute approximate surface area is 261 Å². The number of fused-ring (bicyclic) bond motifs is 1. The van der Waals surface area contributed by atoms with Crippen LogP contribution >= 0.6 is 11.6 Å². The van der Waals surface area contributed by atoms with Crippen LogP contribution in [0, 0.1) is 25.7 Å². The minimum atomic E-state index is -1.11. The quantitative estimate of drug-likeness (QED) is 0.209. The largest absolute Gasteiger partial charge is 0.495 e. The lowest BCUT2D eigenvalue weighted by molar-refractivity contribution is -0.147. The molecule has 0 bridgehead atoms. The van der Waals surface area contributed by atoms with Gasteiger partial charge >= 0.3 is 0 Å². The van der Waals surface area contributed by atoms with Gasteiger partial charge in [-0.05, 0) is 38.3 Å². The van der Waals surface area contributed by atoms with Crippen molar-refractivity contribution < 1.29 is 23.9 Å². The molecular formula is C32H35ClN6O5. The number of guanidine groups is 1. The average molecular weight is 619 g/mol. The molecule has 2 fully saturated rings. The van der Waals surface area contributed by atoms with E-state index in [-0.39, 0.29) is 30.1 Å². The smallest absolute Gasteiger partial charge is 0.253 e. The van der Waals surface area contributed by atoms with Crippen molar-refractivity contribution in [1.29, 1.82) is 0 Å². The molecular weight excluding hydrogens is 584 g/mol. The van der Waals surface area contributed by atoms with Gasteiger partial charge < -0.3 is 14.8 Å². The number of nitrogens with one attached hydrogen (secondary N) is 2. The van der Waals surface area contributed by atoms with Crippen LogP contribution in [0.25, 0.3) is 0 Å². The fourth-order valence-corrected chi connectivity index (χ4v) is 6.09. The molecule has 12 heteroatoms. The second-order valence-electron chi connectivity index (χ2n) is 11.0. The van der Waals surface area contributed by atoms with Crippen LogP contribution in [0.3, 0.4) is 0 Å². The highest BCUT2D eigenvalue weighted by molar-refractivity contribution is 6.32. The number of amides is 3. The predicted molar refractivity (Wildman–Crippen MR) is 166 cm³/mol. The first-order chi connectivity index (χ1) is 21.2. The molecule has 3 aromatic rings. The van der Waals surface area contributed by atoms with Crippen LogP contribution in [0.15, 0.2) is 53.5 Å². The van der Waals surface area contributed by atoms with Crippen molar-refractivity contribution in [1.82, 2.24) is 20.2 Å². The standard InChI is InChI=1S/C32H35ClN6O5/c1-18-14-19(2)35-31(34-18)38-32(36-24-17-26(43-3)23(33)16-27(24)44-4)37-28(40)25(15-20-10-6-5-7-11-20)39-29(41)21-12-8-9-13-22(21)30(39)42/h5-7,10-11,14,16-17,21-22,25H,8-9,12-13,15H2,1-4H3,(H2,34,35,36,37,38,40)/t21-,22-,25+/m0/s1. The Balaban J connectivity index is 1.54. The van der Waals surface area contributed by atoms with Crippen LogP contribution in [0.4, 0.5) is 11.6 Å². The van der Waals surface area contributed by atoms with Crippen molar-refractivity contribution in [3.63, 3.8) is 0 Å². The third-order valence-electron chi connectivity index (χ3n) is 7.91. The number of aryl methyl sites for hydroxylation is 2. The van der Waals surface area contributed by atoms with Crippen LogP contribution in [0.2, 0.25) is 5.02 Å². The summed E-state index contributed by atoms with van der Waals surface area (Å²) in [4.78, 5) is 55.9. The van der Waals surface area contributed by atoms with Crippen LogP contribution in [0.5, 0.6) is 11.5 Å². The average Bonchev–Trinajstić information content (AvgIpc) is 3.25. The Morgan fingerprint density at radius 2 is 1.59 bits per heavy atom. The van der Waals surface area contributed by atoms with Gasteiger partial charge in [0.25, 0.3) is 5.95 Å². The Morgan fingerprint density at radius 3 is 2.18 bits per heavy atom. The van der Waals surface area contributed by atoms with Gasteiger partial charge in [0.2, 0.25) is 23.7 Å². The molecule has 1 aliphatic heterocycles. The molecule has 2 aliphatic rings. The third-order valence-corrected chi connectivity index (χ3v) is 8.21. The van der Waals surface area contributed by atoms with Crippen molar-refractivity contribution >= 4 is 46.9 Å². The van der Waals surface area contributed by atoms with E-state index in [0.717, 1.165) is 18.4 Å². The first kappa shape index (κ1) is 30.9. The van der Waals surface area contributed by atoms with Gasteiger partial charge in [-0.15, -0.1) is 0 Å². The molecule has 2 N–H and O–H groups in total. The van der Waals surface area contributed by atoms with E-state index in [2.05, 4.69) is 25.6 Å². The SMILES string of the molecule is COc1cc(NC(=Nc2nc(C)cc(C)n2)NC(=O)[C@@H](Cc2ccccc2)N2C(=O)[C@H]3CCCC[C@@H]3C2=O)c(OC)cc1Cl. The lowest BCUT2D eigenvalue weighted by Crippen LogP contribution is -2.53. The summed E-state index contributed by atoms with van der Waals surface area (Å²) >= 11 is 6.31. The number of hydrogen-bond donors (Lipinski definition) is 2. The summed E-state index contributed by atoms with van der Waals surface area (Å²) in [6.45, 7) is 3.62. The molecule has 1 aliphatic carbocycles. The number of anilines is 1. The second kappa shape index (κ2) is 13.4. The van der Waals surface area contributed by atoms with Crippen molar-refractivity contribution in [2.45, 2.75) is 52.0 Å². The Hall–Kier alpha value is -4.51. The number of methoxy groups -OCH3 is 2. The Kier molecular flexibility index (Phi) is 9.43. The monoisotopic (exact) mass is 618 g/mol. The van der Waals surface area contributed by atoms with E-state index in [4.69, 9.17) is 21.1 Å². The highest BCUT2D eigenvalue weighted by Gasteiger charge is 2.52. The van der Waals surface area contributed by atoms with Crippen LogP contribution in [-0.4, -0.2) is 58.8 Å². The number of nitrogens with zero attached hydrogens (tertiary/aromatic N) is 4. The van der Waals surface area contributed by atoms with E-state index in [1.54, 1.807) is 18.2 Å². The van der Waals surface area contributed by atoms with E-state index >= 15 is 0 Å². The van der Waals surface area contributed by atoms with Gasteiger partial charge in [0.15, 0.2) is 0 Å². The number of hydrogen-bond acceptors (Lipinski definition) is 8. The number of benzene rings is 2. The Bertz CT molecular complexity index is 1550. The molecule has 3 atom stereocenters. The van der Waals surface area contributed by atoms with Gasteiger partial charge in [-0.2, -0.15) is 4.99 Å². The number of likely N-dealkylation sites (tertiary alicyclic amines) is 1. The van der Waals surface area contributed by atoms with Crippen LogP contribution < -0.4 is 20.1 Å². The molecule has 5 rings (SSSR count). The van der Waals surface area contributed by atoms with E-state index in [9.17, 15) is 14.4 Å². The first-order valence-electron chi connectivity index (χ1n) is 14.5. The van der Waals surface area contributed by atoms with Gasteiger partial charge in [-0.3, -0.25) is 24.6 Å². The molecule has 44 heavy (non-hydrogen) atoms. The highest BCUT2D eigenvalue weighted by atomic mass is 35.5. The van der Waals surface area contributed by atoms with Gasteiger partial charge in [0, 0.05) is 29.9 Å². The number of ether oxygens (including phenoxy) is 2. The fraction of sp³-hybridized carbons (Fsp3) is 0.375. The van der Waals surface area contributed by atoms with Gasteiger partial charge in [-0.1, -0.05) is 54.8 Å². The van der Waals surface area contributed by atoms with Gasteiger partial charge in [0.1, 0.15) is 17.5 Å². The first-order valence-corrected chi connectivity index (χ1v) is 14.9. The number of aliphatic imine (C=N–C) groups is 1. The number of aromatic nitrogens is 2. The molecule has 3 amide bonds. The summed E-state index contributed by atoms with van der Waals surface area (Å²) in [6.07, 6.45) is 3.18. The van der Waals surface area contributed by atoms with Crippen molar-refractivity contribution in [3.8, 4) is 11.5 Å². The number of carbonyl (C=O) groups excluding carboxylic acids is 3. The van der Waals surface area contributed by atoms with Crippen molar-refractivity contribution in [2.75, 3.05) is 19.5 Å². The molecule has 0 unspecified atom stereocenters. The van der Waals surface area contributed by atoms with Gasteiger partial charge in [-0.25, -0.2) is 9.97 Å². The fourth-order valence-electron chi connectivity index (χ4n) is 5.86. The molecule has 1 saturated heterocycles. The topological polar surface area (TPSA) is 135 Å². The minimum Gasteiger partial charge on any atom is -0.495 e. The molecule has 0 spiro atoms. The zero-order chi connectivity index (χ0) is 31.4. The molecule has 2 aromatic carbocycles. The molecule has 0 radical (unpaired) electrons. The summed E-state index contributed by atoms with van der Waals surface area (Å²) in [5.41, 5.74) is 2.56. The lowest BCUT2D eigenvalue weighted by Gasteiger charge is -2.26. The van der Waals surface area contributed by atoms with E-state index in [0.29, 0.717) is 46.4 Å². The molecule has 11 nitrogen and oxygen atoms in total. The molecule has 1 saturated carbocycles. The predicted octanol–water partition coefficient (Wildman–Crippen LogP) is 4.77. The Morgan fingerprint density at radius 1 is 0.977 bits per heavy atom. The summed E-state index contributed by atoms with van der Waals surface area (Å²) in [5, 5.41) is 6.23. The molecule has 1 aromatic heterocycles. The second-order valence-corrected chi connectivity index (χ2v) is 11.4. The summed E-state index contributed by atoms with van der Waals surface area (Å²) < 4.78 is 10.9. The molecule has 230 valence electrons. The number of imide groups is 1. The summed E-state index contributed by atoms with van der Waals surface area (Å²) in [5.74, 6) is -1.22. The van der Waals surface area contributed by atoms with Gasteiger partial charge in [0.05, 0.1) is 36.8 Å². The zero-order valence-corrected chi connectivity index (χ0v) is 25.9. The van der Waals surface area contributed by atoms with E-state index in [1.165, 1.54) is 19.1 Å². The number of rotatable bonds is 8. The van der Waals surface area contributed by atoms with Crippen LogP contribution in [0.1, 0.15) is 42.6 Å². The zero-order valence-electron chi connectivity index (χ0n) is 25.1. The lowest BCUT2D eigenvalue weighted by atomic mass is 9.81. The highest BCUT2D eigenvalue weighted by Crippen LogP contribution is 2.39. The van der Waals surface area contributed by atoms with Crippen molar-refractivity contribution in [2.24, 2.45) is 16.8 Å². The number of halogens is 1. The summed E-state index contributed by atoms with van der Waals surface area (Å²) in [7, 11) is 2.96.